The molecule has 0 fully saturated rings. The van der Waals surface area contributed by atoms with E-state index in [1.807, 2.05) is 56.3 Å². The summed E-state index contributed by atoms with van der Waals surface area (Å²) in [6, 6.07) is 17.9. The van der Waals surface area contributed by atoms with Crippen molar-refractivity contribution in [2.75, 3.05) is 0 Å². The Morgan fingerprint density at radius 1 is 1.00 bits per heavy atom. The Hall–Kier alpha value is -2.27. The van der Waals surface area contributed by atoms with Crippen molar-refractivity contribution in [3.63, 3.8) is 0 Å². The van der Waals surface area contributed by atoms with Gasteiger partial charge in [0.15, 0.2) is 0 Å². The van der Waals surface area contributed by atoms with Crippen LogP contribution in [0.15, 0.2) is 48.5 Å². The second-order valence-corrected chi connectivity index (χ2v) is 4.36. The summed E-state index contributed by atoms with van der Waals surface area (Å²) >= 11 is 0. The Kier molecular flexibility index (Phi) is 3.64. The molecule has 2 rings (SSSR count). The summed E-state index contributed by atoms with van der Waals surface area (Å²) in [6.45, 7) is 3.91. The fourth-order valence-electron chi connectivity index (χ4n) is 1.78. The van der Waals surface area contributed by atoms with Crippen LogP contribution in [0, 0.1) is 11.3 Å². The molecule has 0 atom stereocenters. The molecule has 2 nitrogen and oxygen atoms in total. The van der Waals surface area contributed by atoms with Crippen LogP contribution in [0.25, 0.3) is 11.1 Å². The maximum absolute atomic E-state index is 9.06. The first-order valence-electron chi connectivity index (χ1n) is 5.97. The lowest BCUT2D eigenvalue weighted by atomic mass is 10.0. The van der Waals surface area contributed by atoms with Gasteiger partial charge < -0.3 is 4.74 Å². The van der Waals surface area contributed by atoms with E-state index in [0.717, 1.165) is 11.1 Å². The van der Waals surface area contributed by atoms with E-state index in [-0.39, 0.29) is 6.10 Å². The zero-order valence-electron chi connectivity index (χ0n) is 10.6. The minimum Gasteiger partial charge on any atom is -0.490 e. The van der Waals surface area contributed by atoms with Crippen LogP contribution in [0.5, 0.6) is 5.75 Å². The largest absolute Gasteiger partial charge is 0.490 e. The van der Waals surface area contributed by atoms with Gasteiger partial charge in [0.1, 0.15) is 11.8 Å². The molecule has 0 saturated heterocycles. The van der Waals surface area contributed by atoms with Crippen LogP contribution in [0.1, 0.15) is 19.4 Å². The average Bonchev–Trinajstić information content (AvgIpc) is 2.39. The smallest absolute Gasteiger partial charge is 0.138 e. The van der Waals surface area contributed by atoms with Crippen molar-refractivity contribution in [2.45, 2.75) is 20.0 Å². The second kappa shape index (κ2) is 5.37. The molecule has 2 heteroatoms. The second-order valence-electron chi connectivity index (χ2n) is 4.36. The molecule has 2 aromatic rings. The molecule has 0 amide bonds. The number of ether oxygens (including phenoxy) is 1. The lowest BCUT2D eigenvalue weighted by Crippen LogP contribution is -2.06. The predicted octanol–water partition coefficient (Wildman–Crippen LogP) is 4.01. The fourth-order valence-corrected chi connectivity index (χ4v) is 1.78. The molecule has 0 N–H and O–H groups in total. The summed E-state index contributed by atoms with van der Waals surface area (Å²) in [7, 11) is 0. The van der Waals surface area contributed by atoms with Crippen molar-refractivity contribution in [1.82, 2.24) is 0 Å². The zero-order chi connectivity index (χ0) is 13.0. The zero-order valence-corrected chi connectivity index (χ0v) is 10.6. The molecule has 0 heterocycles. The molecule has 90 valence electrons. The highest BCUT2D eigenvalue weighted by Crippen LogP contribution is 2.27. The van der Waals surface area contributed by atoms with Gasteiger partial charge in [-0.3, -0.25) is 0 Å². The standard InChI is InChI=1S/C16H15NO/c1-12(2)18-16-10-14(8-9-15(16)11-17)13-6-4-3-5-7-13/h3-10,12H,1-2H3. The Bertz CT molecular complexity index is 567. The molecular weight excluding hydrogens is 222 g/mol. The van der Waals surface area contributed by atoms with Crippen molar-refractivity contribution in [3.05, 3.63) is 54.1 Å². The van der Waals surface area contributed by atoms with Gasteiger partial charge >= 0.3 is 0 Å². The SMILES string of the molecule is CC(C)Oc1cc(-c2ccccc2)ccc1C#N. The van der Waals surface area contributed by atoms with E-state index in [1.54, 1.807) is 6.07 Å². The minimum atomic E-state index is 0.0584. The normalized spacial score (nSPS) is 10.1. The van der Waals surface area contributed by atoms with Crippen LogP contribution < -0.4 is 4.74 Å². The molecule has 0 aromatic heterocycles. The van der Waals surface area contributed by atoms with Crippen LogP contribution in [-0.4, -0.2) is 6.10 Å². The molecule has 2 aromatic carbocycles. The van der Waals surface area contributed by atoms with E-state index in [2.05, 4.69) is 6.07 Å². The van der Waals surface area contributed by atoms with Crippen molar-refractivity contribution < 1.29 is 4.74 Å². The van der Waals surface area contributed by atoms with Gasteiger partial charge in [0.25, 0.3) is 0 Å². The molecule has 0 aliphatic rings. The molecule has 18 heavy (non-hydrogen) atoms. The molecule has 0 bridgehead atoms. The molecule has 0 aliphatic carbocycles. The number of benzene rings is 2. The fraction of sp³-hybridized carbons (Fsp3) is 0.188. The van der Waals surface area contributed by atoms with Gasteiger partial charge in [0.05, 0.1) is 11.7 Å². The van der Waals surface area contributed by atoms with E-state index in [9.17, 15) is 0 Å². The van der Waals surface area contributed by atoms with Crippen LogP contribution in [-0.2, 0) is 0 Å². The summed E-state index contributed by atoms with van der Waals surface area (Å²) in [5.41, 5.74) is 2.75. The van der Waals surface area contributed by atoms with E-state index in [1.165, 1.54) is 0 Å². The maximum Gasteiger partial charge on any atom is 0.138 e. The number of hydrogen-bond donors (Lipinski definition) is 0. The first kappa shape index (κ1) is 12.2. The van der Waals surface area contributed by atoms with Crippen molar-refractivity contribution >= 4 is 0 Å². The molecule has 0 spiro atoms. The molecule has 0 radical (unpaired) electrons. The third kappa shape index (κ3) is 2.70. The monoisotopic (exact) mass is 237 g/mol. The van der Waals surface area contributed by atoms with Gasteiger partial charge in [-0.15, -0.1) is 0 Å². The summed E-state index contributed by atoms with van der Waals surface area (Å²) in [6.07, 6.45) is 0.0584. The van der Waals surface area contributed by atoms with E-state index < -0.39 is 0 Å². The van der Waals surface area contributed by atoms with Crippen LogP contribution in [0.3, 0.4) is 0 Å². The first-order chi connectivity index (χ1) is 8.70. The van der Waals surface area contributed by atoms with Crippen molar-refractivity contribution in [3.8, 4) is 22.9 Å². The lowest BCUT2D eigenvalue weighted by molar-refractivity contribution is 0.242. The molecule has 0 aliphatic heterocycles. The Morgan fingerprint density at radius 3 is 2.33 bits per heavy atom. The maximum atomic E-state index is 9.06. The van der Waals surface area contributed by atoms with Gasteiger partial charge in [0.2, 0.25) is 0 Å². The van der Waals surface area contributed by atoms with E-state index >= 15 is 0 Å². The van der Waals surface area contributed by atoms with Gasteiger partial charge in [-0.05, 0) is 37.1 Å². The highest BCUT2D eigenvalue weighted by Gasteiger charge is 2.07. The summed E-state index contributed by atoms with van der Waals surface area (Å²) in [5, 5.41) is 9.06. The lowest BCUT2D eigenvalue weighted by Gasteiger charge is -2.12. The number of nitriles is 1. The van der Waals surface area contributed by atoms with Crippen LogP contribution >= 0.6 is 0 Å². The Labute approximate surface area is 107 Å². The topological polar surface area (TPSA) is 33.0 Å². The molecule has 0 unspecified atom stereocenters. The molecular formula is C16H15NO. The van der Waals surface area contributed by atoms with Crippen LogP contribution in [0.2, 0.25) is 0 Å². The first-order valence-corrected chi connectivity index (χ1v) is 5.97. The third-order valence-corrected chi connectivity index (χ3v) is 2.57. The average molecular weight is 237 g/mol. The van der Waals surface area contributed by atoms with E-state index in [4.69, 9.17) is 10.00 Å². The number of hydrogen-bond acceptors (Lipinski definition) is 2. The van der Waals surface area contributed by atoms with Crippen molar-refractivity contribution in [1.29, 1.82) is 5.26 Å². The van der Waals surface area contributed by atoms with E-state index in [0.29, 0.717) is 11.3 Å². The molecule has 0 saturated carbocycles. The van der Waals surface area contributed by atoms with Crippen molar-refractivity contribution in [2.24, 2.45) is 0 Å². The third-order valence-electron chi connectivity index (χ3n) is 2.57. The summed E-state index contributed by atoms with van der Waals surface area (Å²) in [5.74, 6) is 0.647. The highest BCUT2D eigenvalue weighted by atomic mass is 16.5. The quantitative estimate of drug-likeness (QED) is 0.808. The van der Waals surface area contributed by atoms with Crippen LogP contribution in [0.4, 0.5) is 0 Å². The van der Waals surface area contributed by atoms with Gasteiger partial charge in [-0.2, -0.15) is 5.26 Å². The summed E-state index contributed by atoms with van der Waals surface area (Å²) < 4.78 is 5.68. The minimum absolute atomic E-state index is 0.0584. The number of nitrogens with zero attached hydrogens (tertiary/aromatic N) is 1. The number of rotatable bonds is 3. The Morgan fingerprint density at radius 2 is 1.72 bits per heavy atom. The van der Waals surface area contributed by atoms with Gasteiger partial charge in [0, 0.05) is 0 Å². The predicted molar refractivity (Wildman–Crippen MR) is 72.4 cm³/mol. The van der Waals surface area contributed by atoms with Gasteiger partial charge in [-0.1, -0.05) is 36.4 Å². The van der Waals surface area contributed by atoms with Gasteiger partial charge in [-0.25, -0.2) is 0 Å². The summed E-state index contributed by atoms with van der Waals surface area (Å²) in [4.78, 5) is 0. The Balaban J connectivity index is 2.43. The highest BCUT2D eigenvalue weighted by molar-refractivity contribution is 5.67.